The normalized spacial score (nSPS) is 24.8. The van der Waals surface area contributed by atoms with E-state index in [4.69, 9.17) is 4.74 Å². The van der Waals surface area contributed by atoms with E-state index in [0.717, 1.165) is 12.8 Å². The van der Waals surface area contributed by atoms with E-state index in [9.17, 15) is 28.8 Å². The molecule has 8 heteroatoms. The average molecular weight is 518 g/mol. The maximum absolute atomic E-state index is 13.8. The van der Waals surface area contributed by atoms with Gasteiger partial charge in [-0.2, -0.15) is 0 Å². The zero-order valence-electron chi connectivity index (χ0n) is 23.0. The highest BCUT2D eigenvalue weighted by Crippen LogP contribution is 2.42. The Kier molecular flexibility index (Phi) is 9.81. The van der Waals surface area contributed by atoms with Gasteiger partial charge in [0, 0.05) is 37.6 Å². The van der Waals surface area contributed by atoms with Crippen molar-refractivity contribution in [3.63, 3.8) is 0 Å². The maximum atomic E-state index is 13.8. The molecule has 0 aromatic rings. The summed E-state index contributed by atoms with van der Waals surface area (Å²) in [5, 5.41) is 0. The van der Waals surface area contributed by atoms with Crippen LogP contribution < -0.4 is 0 Å². The van der Waals surface area contributed by atoms with Crippen molar-refractivity contribution in [1.82, 2.24) is 4.90 Å². The second kappa shape index (κ2) is 12.4. The first-order valence-corrected chi connectivity index (χ1v) is 14.1. The van der Waals surface area contributed by atoms with Crippen molar-refractivity contribution in [3.05, 3.63) is 0 Å². The number of Topliss-reactive ketones (excluding diaryl/α,β-unsaturated/α-hetero) is 4. The Hall–Kier alpha value is -2.38. The number of amides is 1. The fourth-order valence-electron chi connectivity index (χ4n) is 6.01. The summed E-state index contributed by atoms with van der Waals surface area (Å²) >= 11 is 0. The number of ether oxygens (including phenoxy) is 1. The minimum atomic E-state index is -0.808. The summed E-state index contributed by atoms with van der Waals surface area (Å²) in [6.45, 7) is 9.27. The van der Waals surface area contributed by atoms with Crippen LogP contribution in [-0.4, -0.2) is 58.6 Å². The molecule has 8 nitrogen and oxygen atoms in total. The molecule has 1 aliphatic heterocycles. The number of hydrogen-bond acceptors (Lipinski definition) is 7. The molecule has 1 unspecified atom stereocenters. The molecule has 0 aromatic carbocycles. The van der Waals surface area contributed by atoms with E-state index < -0.39 is 41.3 Å². The summed E-state index contributed by atoms with van der Waals surface area (Å²) in [4.78, 5) is 79.5. The molecule has 206 valence electrons. The van der Waals surface area contributed by atoms with Gasteiger partial charge in [-0.3, -0.25) is 28.8 Å². The molecule has 3 aliphatic rings. The highest BCUT2D eigenvalue weighted by molar-refractivity contribution is 6.38. The lowest BCUT2D eigenvalue weighted by Crippen LogP contribution is -2.48. The number of carbonyl (C=O) groups is 6. The first-order chi connectivity index (χ1) is 17.4. The van der Waals surface area contributed by atoms with Crippen LogP contribution in [0.15, 0.2) is 0 Å². The smallest absolute Gasteiger partial charge is 0.306 e. The molecule has 5 atom stereocenters. The molecule has 3 fully saturated rings. The van der Waals surface area contributed by atoms with Crippen molar-refractivity contribution in [2.75, 3.05) is 6.54 Å². The van der Waals surface area contributed by atoms with Crippen molar-refractivity contribution >= 4 is 35.0 Å². The lowest BCUT2D eigenvalue weighted by Gasteiger charge is -2.32. The molecule has 0 N–H and O–H groups in total. The zero-order chi connectivity index (χ0) is 27.4. The molecule has 0 spiro atoms. The molecule has 2 aliphatic carbocycles. The van der Waals surface area contributed by atoms with Crippen LogP contribution in [-0.2, 0) is 33.5 Å². The van der Waals surface area contributed by atoms with E-state index >= 15 is 0 Å². The fraction of sp³-hybridized carbons (Fsp3) is 0.793. The monoisotopic (exact) mass is 517 g/mol. The Morgan fingerprint density at radius 3 is 2.24 bits per heavy atom. The molecular formula is C29H43NO7. The van der Waals surface area contributed by atoms with Crippen LogP contribution in [0.25, 0.3) is 0 Å². The Morgan fingerprint density at radius 2 is 1.68 bits per heavy atom. The summed E-state index contributed by atoms with van der Waals surface area (Å²) in [5.41, 5.74) is 0. The first kappa shape index (κ1) is 29.2. The van der Waals surface area contributed by atoms with E-state index in [1.165, 1.54) is 4.90 Å². The molecule has 1 heterocycles. The molecule has 0 bridgehead atoms. The number of rotatable bonds is 14. The van der Waals surface area contributed by atoms with Crippen molar-refractivity contribution in [2.45, 2.75) is 105 Å². The number of fused-ring (bicyclic) bond motifs is 1. The van der Waals surface area contributed by atoms with Crippen LogP contribution >= 0.6 is 0 Å². The predicted octanol–water partition coefficient (Wildman–Crippen LogP) is 3.72. The highest BCUT2D eigenvalue weighted by atomic mass is 16.5. The highest BCUT2D eigenvalue weighted by Gasteiger charge is 2.54. The van der Waals surface area contributed by atoms with Crippen molar-refractivity contribution in [1.29, 1.82) is 0 Å². The quantitative estimate of drug-likeness (QED) is 0.255. The third kappa shape index (κ3) is 7.14. The Morgan fingerprint density at radius 1 is 1.00 bits per heavy atom. The number of ketones is 4. The van der Waals surface area contributed by atoms with Gasteiger partial charge >= 0.3 is 5.97 Å². The zero-order valence-corrected chi connectivity index (χ0v) is 23.0. The van der Waals surface area contributed by atoms with Gasteiger partial charge in [0.1, 0.15) is 5.78 Å². The second-order valence-electron chi connectivity index (χ2n) is 11.9. The summed E-state index contributed by atoms with van der Waals surface area (Å²) in [6, 6.07) is -0.808. The van der Waals surface area contributed by atoms with Crippen LogP contribution in [0.3, 0.4) is 0 Å². The van der Waals surface area contributed by atoms with E-state index in [0.29, 0.717) is 25.7 Å². The summed E-state index contributed by atoms with van der Waals surface area (Å²) in [7, 11) is 0. The van der Waals surface area contributed by atoms with E-state index in [2.05, 4.69) is 0 Å². The van der Waals surface area contributed by atoms with Gasteiger partial charge in [0.15, 0.2) is 11.6 Å². The van der Waals surface area contributed by atoms with Crippen molar-refractivity contribution in [3.8, 4) is 0 Å². The van der Waals surface area contributed by atoms with Crippen LogP contribution in [0.5, 0.6) is 0 Å². The maximum Gasteiger partial charge on any atom is 0.306 e. The topological polar surface area (TPSA) is 115 Å². The molecule has 1 amide bonds. The van der Waals surface area contributed by atoms with Crippen molar-refractivity contribution in [2.24, 2.45) is 35.5 Å². The van der Waals surface area contributed by atoms with E-state index in [1.807, 2.05) is 20.8 Å². The molecule has 2 saturated carbocycles. The largest absolute Gasteiger partial charge is 0.463 e. The van der Waals surface area contributed by atoms with Crippen LogP contribution in [0.1, 0.15) is 92.4 Å². The lowest BCUT2D eigenvalue weighted by atomic mass is 9.83. The Bertz CT molecular complexity index is 919. The van der Waals surface area contributed by atoms with E-state index in [1.54, 1.807) is 13.8 Å². The van der Waals surface area contributed by atoms with E-state index in [-0.39, 0.29) is 67.1 Å². The van der Waals surface area contributed by atoms with Gasteiger partial charge in [0.05, 0.1) is 24.5 Å². The molecule has 3 rings (SSSR count). The summed E-state index contributed by atoms with van der Waals surface area (Å²) in [5.74, 6) is -3.80. The molecule has 0 radical (unpaired) electrons. The Balaban J connectivity index is 1.80. The minimum absolute atomic E-state index is 0.0548. The summed E-state index contributed by atoms with van der Waals surface area (Å²) < 4.78 is 5.27. The van der Waals surface area contributed by atoms with Crippen LogP contribution in [0, 0.1) is 35.5 Å². The first-order valence-electron chi connectivity index (χ1n) is 14.1. The van der Waals surface area contributed by atoms with Crippen molar-refractivity contribution < 1.29 is 33.5 Å². The third-order valence-electron chi connectivity index (χ3n) is 8.18. The molecular weight excluding hydrogens is 474 g/mol. The van der Waals surface area contributed by atoms with Crippen LogP contribution in [0.2, 0.25) is 0 Å². The fourth-order valence-corrected chi connectivity index (χ4v) is 6.01. The molecule has 37 heavy (non-hydrogen) atoms. The number of carbonyl (C=O) groups excluding carboxylic acids is 6. The Labute approximate surface area is 220 Å². The van der Waals surface area contributed by atoms with Gasteiger partial charge in [-0.25, -0.2) is 0 Å². The minimum Gasteiger partial charge on any atom is -0.463 e. The van der Waals surface area contributed by atoms with Gasteiger partial charge in [0.25, 0.3) is 0 Å². The molecule has 0 aromatic heterocycles. The second-order valence-corrected chi connectivity index (χ2v) is 11.9. The van der Waals surface area contributed by atoms with Gasteiger partial charge in [-0.15, -0.1) is 0 Å². The van der Waals surface area contributed by atoms with Gasteiger partial charge in [0.2, 0.25) is 11.7 Å². The average Bonchev–Trinajstić information content (AvgIpc) is 3.44. The standard InChI is InChI=1S/C29H43NO7/c1-6-7-19(28(35)25(33)12-18-8-9-18)13-24(32)27-20-10-11-23(31)22(20)15-30(27)29(36)21(16(2)3)14-26(34)37-17(4)5/h16-22,27H,6-15H2,1-5H3/t19?,20-,21-,22-,27-/m0/s1. The predicted molar refractivity (Wildman–Crippen MR) is 136 cm³/mol. The number of nitrogens with zero attached hydrogens (tertiary/aromatic N) is 1. The lowest BCUT2D eigenvalue weighted by molar-refractivity contribution is -0.154. The number of esters is 1. The SMILES string of the molecule is CCCC(CC(=O)[C@@H]1[C@H]2CCC(=O)[C@H]2CN1C(=O)[C@@H](CC(=O)OC(C)C)C(C)C)C(=O)C(=O)CC1CC1. The van der Waals surface area contributed by atoms with Gasteiger partial charge in [-0.05, 0) is 57.3 Å². The van der Waals surface area contributed by atoms with Crippen LogP contribution in [0.4, 0.5) is 0 Å². The molecule has 1 saturated heterocycles. The summed E-state index contributed by atoms with van der Waals surface area (Å²) in [6.07, 6.45) is 3.69. The number of likely N-dealkylation sites (tertiary alicyclic amines) is 1. The van der Waals surface area contributed by atoms with Gasteiger partial charge < -0.3 is 9.64 Å². The van der Waals surface area contributed by atoms with Gasteiger partial charge in [-0.1, -0.05) is 27.2 Å². The third-order valence-corrected chi connectivity index (χ3v) is 8.18. The number of hydrogen-bond donors (Lipinski definition) is 0.